The third kappa shape index (κ3) is 2.70. The molecule has 0 unspecified atom stereocenters. The maximum absolute atomic E-state index is 11.8. The topological polar surface area (TPSA) is 38.3 Å². The third-order valence-electron chi connectivity index (χ3n) is 3.35. The summed E-state index contributed by atoms with van der Waals surface area (Å²) in [6.45, 7) is 4.09. The fraction of sp³-hybridized carbons (Fsp3) is 0.312. The van der Waals surface area contributed by atoms with Crippen molar-refractivity contribution in [3.63, 3.8) is 0 Å². The van der Waals surface area contributed by atoms with Crippen molar-refractivity contribution in [2.24, 2.45) is 0 Å². The molecule has 0 aromatic heterocycles. The first kappa shape index (κ1) is 13.4. The van der Waals surface area contributed by atoms with Gasteiger partial charge in [-0.3, -0.25) is 4.79 Å². The van der Waals surface area contributed by atoms with E-state index in [1.54, 1.807) is 7.11 Å². The van der Waals surface area contributed by atoms with Crippen molar-refractivity contribution in [1.29, 1.82) is 0 Å². The van der Waals surface area contributed by atoms with E-state index in [-0.39, 0.29) is 5.91 Å². The number of carbonyl (C=O) groups is 1. The molecule has 1 aliphatic heterocycles. The van der Waals surface area contributed by atoms with E-state index in [0.717, 1.165) is 41.0 Å². The molecule has 0 atom stereocenters. The first-order valence-corrected chi connectivity index (χ1v) is 6.59. The summed E-state index contributed by atoms with van der Waals surface area (Å²) in [5.41, 5.74) is 4.01. The average molecular weight is 257 g/mol. The highest BCUT2D eigenvalue weighted by molar-refractivity contribution is 6.01. The highest BCUT2D eigenvalue weighted by atomic mass is 16.5. The number of nitrogens with one attached hydrogen (secondary N) is 1. The molecular formula is C16H19NO2. The summed E-state index contributed by atoms with van der Waals surface area (Å²) in [5.74, 6) is 0.872. The monoisotopic (exact) mass is 257 g/mol. The van der Waals surface area contributed by atoms with Crippen LogP contribution in [-0.2, 0) is 4.79 Å². The van der Waals surface area contributed by atoms with Crippen LogP contribution in [0, 0.1) is 0 Å². The standard InChI is InChI=1S/C16H19NO2/c1-4-13-14(5-2)16(18)17-15(13)10-11-6-8-12(19-3)9-7-11/h6-10H,4-5H2,1-3H3,(H,17,18)/b15-10+. The number of hydrogen-bond donors (Lipinski definition) is 1. The van der Waals surface area contributed by atoms with Gasteiger partial charge in [0.1, 0.15) is 5.75 Å². The molecule has 19 heavy (non-hydrogen) atoms. The van der Waals surface area contributed by atoms with E-state index in [2.05, 4.69) is 12.2 Å². The number of amides is 1. The molecule has 0 saturated carbocycles. The zero-order valence-electron chi connectivity index (χ0n) is 11.6. The van der Waals surface area contributed by atoms with Gasteiger partial charge in [-0.1, -0.05) is 26.0 Å². The summed E-state index contributed by atoms with van der Waals surface area (Å²) < 4.78 is 5.13. The predicted octanol–water partition coefficient (Wildman–Crippen LogP) is 3.28. The largest absolute Gasteiger partial charge is 0.497 e. The lowest BCUT2D eigenvalue weighted by molar-refractivity contribution is -0.116. The van der Waals surface area contributed by atoms with Crippen LogP contribution in [0.1, 0.15) is 32.3 Å². The lowest BCUT2D eigenvalue weighted by Gasteiger charge is -2.04. The van der Waals surface area contributed by atoms with E-state index >= 15 is 0 Å². The number of rotatable bonds is 4. The Morgan fingerprint density at radius 2 is 1.74 bits per heavy atom. The van der Waals surface area contributed by atoms with Crippen LogP contribution in [0.25, 0.3) is 6.08 Å². The molecule has 3 nitrogen and oxygen atoms in total. The van der Waals surface area contributed by atoms with E-state index in [4.69, 9.17) is 4.74 Å². The average Bonchev–Trinajstić information content (AvgIpc) is 2.74. The number of methoxy groups -OCH3 is 1. The quantitative estimate of drug-likeness (QED) is 0.899. The van der Waals surface area contributed by atoms with Gasteiger partial charge in [-0.25, -0.2) is 0 Å². The van der Waals surface area contributed by atoms with Gasteiger partial charge in [0.25, 0.3) is 5.91 Å². The van der Waals surface area contributed by atoms with E-state index in [1.165, 1.54) is 0 Å². The van der Waals surface area contributed by atoms with E-state index in [0.29, 0.717) is 0 Å². The lowest BCUT2D eigenvalue weighted by Crippen LogP contribution is -2.16. The fourth-order valence-electron chi connectivity index (χ4n) is 2.34. The number of benzene rings is 1. The van der Waals surface area contributed by atoms with Gasteiger partial charge in [0.15, 0.2) is 0 Å². The number of allylic oxidation sites excluding steroid dienone is 1. The molecule has 1 aliphatic rings. The summed E-state index contributed by atoms with van der Waals surface area (Å²) in [4.78, 5) is 11.8. The molecule has 2 rings (SSSR count). The maximum atomic E-state index is 11.8. The van der Waals surface area contributed by atoms with Gasteiger partial charge in [-0.2, -0.15) is 0 Å². The number of ether oxygens (including phenoxy) is 1. The van der Waals surface area contributed by atoms with Crippen LogP contribution < -0.4 is 10.1 Å². The minimum absolute atomic E-state index is 0.0408. The first-order chi connectivity index (χ1) is 9.19. The van der Waals surface area contributed by atoms with Crippen LogP contribution in [0.4, 0.5) is 0 Å². The highest BCUT2D eigenvalue weighted by Gasteiger charge is 2.23. The fourth-order valence-corrected chi connectivity index (χ4v) is 2.34. The Morgan fingerprint density at radius 1 is 1.11 bits per heavy atom. The van der Waals surface area contributed by atoms with E-state index in [1.807, 2.05) is 37.3 Å². The second kappa shape index (κ2) is 5.74. The summed E-state index contributed by atoms with van der Waals surface area (Å²) >= 11 is 0. The molecule has 100 valence electrons. The van der Waals surface area contributed by atoms with Gasteiger partial charge in [-0.05, 0) is 42.2 Å². The molecule has 1 amide bonds. The number of carbonyl (C=O) groups excluding carboxylic acids is 1. The molecule has 1 N–H and O–H groups in total. The van der Waals surface area contributed by atoms with Crippen molar-refractivity contribution in [1.82, 2.24) is 5.32 Å². The Balaban J connectivity index is 2.33. The van der Waals surface area contributed by atoms with Crippen molar-refractivity contribution in [2.75, 3.05) is 7.11 Å². The highest BCUT2D eigenvalue weighted by Crippen LogP contribution is 2.27. The van der Waals surface area contributed by atoms with Crippen LogP contribution in [0.3, 0.4) is 0 Å². The SMILES string of the molecule is CCC1=C(CC)/C(=C\c2ccc(OC)cc2)NC1=O. The second-order valence-corrected chi connectivity index (χ2v) is 4.45. The van der Waals surface area contributed by atoms with Crippen LogP contribution in [0.2, 0.25) is 0 Å². The minimum atomic E-state index is 0.0408. The molecule has 0 radical (unpaired) electrons. The normalized spacial score (nSPS) is 17.0. The number of hydrogen-bond acceptors (Lipinski definition) is 2. The van der Waals surface area contributed by atoms with Crippen molar-refractivity contribution in [2.45, 2.75) is 26.7 Å². The van der Waals surface area contributed by atoms with Crippen LogP contribution >= 0.6 is 0 Å². The van der Waals surface area contributed by atoms with Crippen molar-refractivity contribution in [3.8, 4) is 5.75 Å². The van der Waals surface area contributed by atoms with Gasteiger partial charge in [0, 0.05) is 11.3 Å². The Hall–Kier alpha value is -2.03. The molecular weight excluding hydrogens is 238 g/mol. The molecule has 0 saturated heterocycles. The Bertz CT molecular complexity index is 538. The molecule has 0 aliphatic carbocycles. The Morgan fingerprint density at radius 3 is 2.26 bits per heavy atom. The zero-order valence-corrected chi connectivity index (χ0v) is 11.6. The molecule has 1 heterocycles. The molecule has 3 heteroatoms. The zero-order chi connectivity index (χ0) is 13.8. The van der Waals surface area contributed by atoms with Gasteiger partial charge in [-0.15, -0.1) is 0 Å². The van der Waals surface area contributed by atoms with Crippen molar-refractivity contribution in [3.05, 3.63) is 46.7 Å². The van der Waals surface area contributed by atoms with E-state index in [9.17, 15) is 4.79 Å². The minimum Gasteiger partial charge on any atom is -0.497 e. The van der Waals surface area contributed by atoms with Crippen molar-refractivity contribution >= 4 is 12.0 Å². The van der Waals surface area contributed by atoms with Gasteiger partial charge in [0.2, 0.25) is 0 Å². The van der Waals surface area contributed by atoms with Crippen molar-refractivity contribution < 1.29 is 9.53 Å². The van der Waals surface area contributed by atoms with Crippen LogP contribution in [0.15, 0.2) is 41.1 Å². The second-order valence-electron chi connectivity index (χ2n) is 4.45. The predicted molar refractivity (Wildman–Crippen MR) is 76.7 cm³/mol. The van der Waals surface area contributed by atoms with Gasteiger partial charge in [0.05, 0.1) is 7.11 Å². The molecule has 0 bridgehead atoms. The van der Waals surface area contributed by atoms with Crippen LogP contribution in [-0.4, -0.2) is 13.0 Å². The molecule has 1 aromatic rings. The summed E-state index contributed by atoms with van der Waals surface area (Å²) in [6.07, 6.45) is 3.65. The van der Waals surface area contributed by atoms with Crippen LogP contribution in [0.5, 0.6) is 5.75 Å². The summed E-state index contributed by atoms with van der Waals surface area (Å²) in [5, 5.41) is 2.95. The lowest BCUT2D eigenvalue weighted by atomic mass is 10.0. The first-order valence-electron chi connectivity index (χ1n) is 6.59. The third-order valence-corrected chi connectivity index (χ3v) is 3.35. The van der Waals surface area contributed by atoms with Gasteiger partial charge >= 0.3 is 0 Å². The smallest absolute Gasteiger partial charge is 0.251 e. The van der Waals surface area contributed by atoms with Gasteiger partial charge < -0.3 is 10.1 Å². The molecule has 0 fully saturated rings. The molecule has 0 spiro atoms. The Kier molecular flexibility index (Phi) is 4.05. The molecule has 1 aromatic carbocycles. The summed E-state index contributed by atoms with van der Waals surface area (Å²) in [7, 11) is 1.65. The van der Waals surface area contributed by atoms with E-state index < -0.39 is 0 Å². The maximum Gasteiger partial charge on any atom is 0.251 e. The summed E-state index contributed by atoms with van der Waals surface area (Å²) in [6, 6.07) is 7.79. The Labute approximate surface area is 114 Å².